The van der Waals surface area contributed by atoms with E-state index in [4.69, 9.17) is 10.4 Å². The second-order valence-corrected chi connectivity index (χ2v) is 4.60. The van der Waals surface area contributed by atoms with Gasteiger partial charge in [-0.15, -0.1) is 0 Å². The summed E-state index contributed by atoms with van der Waals surface area (Å²) in [5.74, 6) is -1.01. The van der Waals surface area contributed by atoms with E-state index >= 15 is 0 Å². The number of hydrogen-bond acceptors (Lipinski definition) is 3. The third kappa shape index (κ3) is 3.35. The van der Waals surface area contributed by atoms with E-state index in [-0.39, 0.29) is 0 Å². The van der Waals surface area contributed by atoms with E-state index in [0.717, 1.165) is 24.9 Å². The van der Waals surface area contributed by atoms with Gasteiger partial charge in [0.1, 0.15) is 0 Å². The van der Waals surface area contributed by atoms with Crippen LogP contribution >= 0.6 is 0 Å². The highest BCUT2D eigenvalue weighted by atomic mass is 16.4. The maximum absolute atomic E-state index is 10.6. The van der Waals surface area contributed by atoms with Crippen molar-refractivity contribution in [2.45, 2.75) is 19.3 Å². The number of aliphatic carboxylic acids is 1. The minimum Gasteiger partial charge on any atom is -0.478 e. The van der Waals surface area contributed by atoms with Crippen molar-refractivity contribution in [3.63, 3.8) is 0 Å². The molecule has 0 aromatic heterocycles. The topological polar surface area (TPSA) is 64.3 Å². The van der Waals surface area contributed by atoms with Crippen LogP contribution in [0.3, 0.4) is 0 Å². The van der Waals surface area contributed by atoms with Crippen LogP contribution in [0.5, 0.6) is 0 Å². The highest BCUT2D eigenvalue weighted by Crippen LogP contribution is 2.23. The normalized spacial score (nSPS) is 15.4. The predicted molar refractivity (Wildman–Crippen MR) is 73.9 cm³/mol. The van der Waals surface area contributed by atoms with E-state index in [1.807, 2.05) is 12.1 Å². The molecule has 1 saturated heterocycles. The summed E-state index contributed by atoms with van der Waals surface area (Å²) >= 11 is 0. The fourth-order valence-electron chi connectivity index (χ4n) is 2.30. The molecule has 1 aromatic carbocycles. The van der Waals surface area contributed by atoms with E-state index in [1.165, 1.54) is 25.3 Å². The lowest BCUT2D eigenvalue weighted by atomic mass is 10.0. The number of rotatable bonds is 3. The van der Waals surface area contributed by atoms with Crippen LogP contribution in [0.4, 0.5) is 5.69 Å². The third-order valence-corrected chi connectivity index (χ3v) is 3.28. The van der Waals surface area contributed by atoms with E-state index in [2.05, 4.69) is 11.0 Å². The Morgan fingerprint density at radius 1 is 1.32 bits per heavy atom. The molecule has 0 amide bonds. The second-order valence-electron chi connectivity index (χ2n) is 4.60. The van der Waals surface area contributed by atoms with Gasteiger partial charge in [0.15, 0.2) is 0 Å². The van der Waals surface area contributed by atoms with Crippen molar-refractivity contribution >= 4 is 17.7 Å². The third-order valence-electron chi connectivity index (χ3n) is 3.28. The Balaban J connectivity index is 2.29. The van der Waals surface area contributed by atoms with E-state index in [1.54, 1.807) is 6.07 Å². The van der Waals surface area contributed by atoms with Crippen LogP contribution in [0, 0.1) is 11.3 Å². The zero-order valence-electron chi connectivity index (χ0n) is 10.7. The number of carboxylic acids is 1. The number of nitrogens with zero attached hydrogens (tertiary/aromatic N) is 2. The Hall–Kier alpha value is -2.28. The Bertz CT molecular complexity index is 538. The fourth-order valence-corrected chi connectivity index (χ4v) is 2.30. The molecule has 4 heteroatoms. The predicted octanol–water partition coefficient (Wildman–Crippen LogP) is 2.65. The summed E-state index contributed by atoms with van der Waals surface area (Å²) in [6.45, 7) is 2.04. The van der Waals surface area contributed by atoms with E-state index < -0.39 is 5.97 Å². The van der Waals surface area contributed by atoms with Crippen LogP contribution in [0.1, 0.15) is 30.4 Å². The molecule has 0 unspecified atom stereocenters. The highest BCUT2D eigenvalue weighted by Gasteiger charge is 2.12. The molecule has 4 nitrogen and oxygen atoms in total. The number of piperidine rings is 1. The van der Waals surface area contributed by atoms with Gasteiger partial charge >= 0.3 is 5.97 Å². The lowest BCUT2D eigenvalue weighted by Gasteiger charge is -2.29. The standard InChI is InChI=1S/C15H16N2O2/c16-11-13-4-6-14(17-8-2-1-3-9-17)10-12(13)5-7-15(18)19/h4-7,10H,1-3,8-9H2,(H,18,19). The SMILES string of the molecule is N#Cc1ccc(N2CCCCC2)cc1C=CC(=O)O. The molecule has 1 heterocycles. The molecule has 0 aliphatic carbocycles. The molecule has 1 N–H and O–H groups in total. The first kappa shape index (κ1) is 13.2. The van der Waals surface area contributed by atoms with Crippen molar-refractivity contribution < 1.29 is 9.90 Å². The fraction of sp³-hybridized carbons (Fsp3) is 0.333. The van der Waals surface area contributed by atoms with Crippen molar-refractivity contribution in [3.8, 4) is 6.07 Å². The van der Waals surface area contributed by atoms with Gasteiger partial charge in [0.2, 0.25) is 0 Å². The van der Waals surface area contributed by atoms with Gasteiger partial charge in [-0.3, -0.25) is 0 Å². The maximum atomic E-state index is 10.6. The summed E-state index contributed by atoms with van der Waals surface area (Å²) in [5, 5.41) is 17.7. The molecule has 1 aliphatic rings. The monoisotopic (exact) mass is 256 g/mol. The van der Waals surface area contributed by atoms with Crippen molar-refractivity contribution in [2.24, 2.45) is 0 Å². The second kappa shape index (κ2) is 6.05. The van der Waals surface area contributed by atoms with Crippen LogP contribution in [0.15, 0.2) is 24.3 Å². The molecule has 2 rings (SSSR count). The molecule has 0 saturated carbocycles. The summed E-state index contributed by atoms with van der Waals surface area (Å²) in [4.78, 5) is 12.9. The lowest BCUT2D eigenvalue weighted by molar-refractivity contribution is -0.131. The van der Waals surface area contributed by atoms with Gasteiger partial charge in [-0.1, -0.05) is 0 Å². The number of nitriles is 1. The minimum absolute atomic E-state index is 0.498. The van der Waals surface area contributed by atoms with Gasteiger partial charge in [0.05, 0.1) is 11.6 Å². The molecular weight excluding hydrogens is 240 g/mol. The van der Waals surface area contributed by atoms with Crippen LogP contribution in [0.25, 0.3) is 6.08 Å². The van der Waals surface area contributed by atoms with Gasteiger partial charge in [-0.05, 0) is 49.1 Å². The zero-order chi connectivity index (χ0) is 13.7. The first-order valence-corrected chi connectivity index (χ1v) is 6.41. The Labute approximate surface area is 112 Å². The number of benzene rings is 1. The average molecular weight is 256 g/mol. The van der Waals surface area contributed by atoms with E-state index in [0.29, 0.717) is 11.1 Å². The molecule has 19 heavy (non-hydrogen) atoms. The number of anilines is 1. The van der Waals surface area contributed by atoms with Gasteiger partial charge in [0, 0.05) is 24.9 Å². The molecule has 0 radical (unpaired) electrons. The van der Waals surface area contributed by atoms with Crippen LogP contribution in [-0.4, -0.2) is 24.2 Å². The molecule has 0 atom stereocenters. The van der Waals surface area contributed by atoms with Crippen molar-refractivity contribution in [1.82, 2.24) is 0 Å². The van der Waals surface area contributed by atoms with E-state index in [9.17, 15) is 4.79 Å². The van der Waals surface area contributed by atoms with Crippen LogP contribution in [0.2, 0.25) is 0 Å². The first-order chi connectivity index (χ1) is 9.20. The zero-order valence-corrected chi connectivity index (χ0v) is 10.7. The smallest absolute Gasteiger partial charge is 0.328 e. The summed E-state index contributed by atoms with van der Waals surface area (Å²) in [6.07, 6.45) is 6.17. The molecule has 98 valence electrons. The Morgan fingerprint density at radius 2 is 2.05 bits per heavy atom. The van der Waals surface area contributed by atoms with Gasteiger partial charge < -0.3 is 10.0 Å². The molecule has 1 aliphatic heterocycles. The molecule has 1 fully saturated rings. The van der Waals surface area contributed by atoms with Gasteiger partial charge in [-0.25, -0.2) is 4.79 Å². The van der Waals surface area contributed by atoms with Crippen LogP contribution in [-0.2, 0) is 4.79 Å². The largest absolute Gasteiger partial charge is 0.478 e. The molecule has 0 bridgehead atoms. The Kier molecular flexibility index (Phi) is 4.19. The van der Waals surface area contributed by atoms with Crippen LogP contribution < -0.4 is 4.90 Å². The summed E-state index contributed by atoms with van der Waals surface area (Å²) in [7, 11) is 0. The summed E-state index contributed by atoms with van der Waals surface area (Å²) in [6, 6.07) is 7.67. The minimum atomic E-state index is -1.01. The molecule has 0 spiro atoms. The molecular formula is C15H16N2O2. The summed E-state index contributed by atoms with van der Waals surface area (Å²) < 4.78 is 0. The summed E-state index contributed by atoms with van der Waals surface area (Å²) in [5.41, 5.74) is 2.22. The number of carbonyl (C=O) groups is 1. The van der Waals surface area contributed by atoms with Gasteiger partial charge in [-0.2, -0.15) is 5.26 Å². The first-order valence-electron chi connectivity index (χ1n) is 6.41. The maximum Gasteiger partial charge on any atom is 0.328 e. The average Bonchev–Trinajstić information content (AvgIpc) is 2.45. The number of carboxylic acid groups (broad SMARTS) is 1. The quantitative estimate of drug-likeness (QED) is 0.844. The van der Waals surface area contributed by atoms with Crippen molar-refractivity contribution in [1.29, 1.82) is 5.26 Å². The number of hydrogen-bond donors (Lipinski definition) is 1. The van der Waals surface area contributed by atoms with Crippen molar-refractivity contribution in [3.05, 3.63) is 35.4 Å². The lowest BCUT2D eigenvalue weighted by Crippen LogP contribution is -2.29. The van der Waals surface area contributed by atoms with Crippen molar-refractivity contribution in [2.75, 3.05) is 18.0 Å². The molecule has 1 aromatic rings. The Morgan fingerprint density at radius 3 is 2.68 bits per heavy atom. The highest BCUT2D eigenvalue weighted by molar-refractivity contribution is 5.86. The van der Waals surface area contributed by atoms with Gasteiger partial charge in [0.25, 0.3) is 0 Å².